The van der Waals surface area contributed by atoms with Crippen LogP contribution in [-0.2, 0) is 6.42 Å². The zero-order chi connectivity index (χ0) is 14.3. The number of nitrogens with zero attached hydrogens (tertiary/aromatic N) is 1. The third kappa shape index (κ3) is 2.57. The van der Waals surface area contributed by atoms with Crippen LogP contribution < -0.4 is 5.32 Å². The number of thiophene rings is 1. The summed E-state index contributed by atoms with van der Waals surface area (Å²) in [5, 5.41) is 7.02. The number of fused-ring (bicyclic) bond motifs is 1. The molecule has 0 spiro atoms. The Kier molecular flexibility index (Phi) is 3.73. The maximum absolute atomic E-state index is 4.97. The molecule has 0 amide bonds. The van der Waals surface area contributed by atoms with E-state index in [9.17, 15) is 0 Å². The van der Waals surface area contributed by atoms with Crippen molar-refractivity contribution in [2.75, 3.05) is 6.54 Å². The second-order valence-corrected chi connectivity index (χ2v) is 8.36. The summed E-state index contributed by atoms with van der Waals surface area (Å²) in [6.45, 7) is 10.1. The Labute approximate surface area is 129 Å². The number of hydrogen-bond donors (Lipinski definition) is 1. The van der Waals surface area contributed by atoms with Crippen LogP contribution in [0.25, 0.3) is 9.88 Å². The van der Waals surface area contributed by atoms with Crippen LogP contribution >= 0.6 is 22.7 Å². The Morgan fingerprint density at radius 3 is 2.90 bits per heavy atom. The Hall–Kier alpha value is -0.710. The van der Waals surface area contributed by atoms with Crippen LogP contribution in [0.4, 0.5) is 0 Å². The maximum Gasteiger partial charge on any atom is 0.134 e. The molecule has 20 heavy (non-hydrogen) atoms. The Morgan fingerprint density at radius 2 is 2.25 bits per heavy atom. The number of hydrogen-bond acceptors (Lipinski definition) is 4. The first-order valence-electron chi connectivity index (χ1n) is 7.27. The highest BCUT2D eigenvalue weighted by Gasteiger charge is 2.34. The van der Waals surface area contributed by atoms with Crippen molar-refractivity contribution in [2.24, 2.45) is 5.41 Å². The second-order valence-electron chi connectivity index (χ2n) is 6.42. The minimum absolute atomic E-state index is 0.343. The third-order valence-electron chi connectivity index (χ3n) is 3.95. The van der Waals surface area contributed by atoms with Gasteiger partial charge in [0.05, 0.1) is 10.6 Å². The van der Waals surface area contributed by atoms with E-state index in [0.29, 0.717) is 11.5 Å². The molecule has 0 fully saturated rings. The van der Waals surface area contributed by atoms with E-state index >= 15 is 0 Å². The van der Waals surface area contributed by atoms with E-state index in [1.165, 1.54) is 32.4 Å². The van der Waals surface area contributed by atoms with Gasteiger partial charge in [-0.15, -0.1) is 22.7 Å². The number of thiazole rings is 1. The lowest BCUT2D eigenvalue weighted by Crippen LogP contribution is -2.32. The van der Waals surface area contributed by atoms with E-state index < -0.39 is 0 Å². The van der Waals surface area contributed by atoms with Gasteiger partial charge in [0.15, 0.2) is 0 Å². The molecule has 4 heteroatoms. The fourth-order valence-electron chi connectivity index (χ4n) is 3.03. The first-order chi connectivity index (χ1) is 9.50. The van der Waals surface area contributed by atoms with Crippen LogP contribution in [0.1, 0.15) is 49.4 Å². The molecular formula is C16H22N2S2. The molecule has 1 N–H and O–H groups in total. The van der Waals surface area contributed by atoms with Crippen molar-refractivity contribution in [3.05, 3.63) is 27.6 Å². The molecule has 0 radical (unpaired) electrons. The molecule has 2 heterocycles. The lowest BCUT2D eigenvalue weighted by Gasteiger charge is -2.34. The number of aryl methyl sites for hydroxylation is 1. The first kappa shape index (κ1) is 14.2. The molecular weight excluding hydrogens is 284 g/mol. The second kappa shape index (κ2) is 5.24. The van der Waals surface area contributed by atoms with Crippen LogP contribution in [0.15, 0.2) is 11.4 Å². The van der Waals surface area contributed by atoms with Crippen molar-refractivity contribution in [1.82, 2.24) is 10.3 Å². The predicted molar refractivity (Wildman–Crippen MR) is 88.7 cm³/mol. The highest BCUT2D eigenvalue weighted by atomic mass is 32.1. The Balaban J connectivity index is 2.02. The predicted octanol–water partition coefficient (Wildman–Crippen LogP) is 4.80. The molecule has 3 rings (SSSR count). The molecule has 0 saturated carbocycles. The molecule has 0 aliphatic heterocycles. The lowest BCUT2D eigenvalue weighted by atomic mass is 9.76. The van der Waals surface area contributed by atoms with Crippen LogP contribution in [0.3, 0.4) is 0 Å². The number of aromatic nitrogens is 1. The SMILES string of the molecule is CCNC1CC(C)(C)Cc2nc(-c3sccc3C)sc21. The van der Waals surface area contributed by atoms with Gasteiger partial charge in [-0.25, -0.2) is 4.98 Å². The quantitative estimate of drug-likeness (QED) is 0.881. The molecule has 0 bridgehead atoms. The zero-order valence-corrected chi connectivity index (χ0v) is 14.3. The topological polar surface area (TPSA) is 24.9 Å². The van der Waals surface area contributed by atoms with Gasteiger partial charge in [-0.1, -0.05) is 20.8 Å². The molecule has 0 aromatic carbocycles. The van der Waals surface area contributed by atoms with E-state index in [-0.39, 0.29) is 0 Å². The molecule has 1 aliphatic carbocycles. The minimum atomic E-state index is 0.343. The molecule has 2 aromatic heterocycles. The Morgan fingerprint density at radius 1 is 1.45 bits per heavy atom. The van der Waals surface area contributed by atoms with Gasteiger partial charge in [0, 0.05) is 10.9 Å². The van der Waals surface area contributed by atoms with Crippen molar-refractivity contribution in [2.45, 2.75) is 46.6 Å². The van der Waals surface area contributed by atoms with Crippen LogP contribution in [0.5, 0.6) is 0 Å². The average Bonchev–Trinajstić information content (AvgIpc) is 2.93. The summed E-state index contributed by atoms with van der Waals surface area (Å²) in [7, 11) is 0. The molecule has 1 unspecified atom stereocenters. The van der Waals surface area contributed by atoms with Crippen molar-refractivity contribution in [3.63, 3.8) is 0 Å². The van der Waals surface area contributed by atoms with Crippen molar-refractivity contribution >= 4 is 22.7 Å². The maximum atomic E-state index is 4.97. The van der Waals surface area contributed by atoms with Crippen LogP contribution in [0.2, 0.25) is 0 Å². The zero-order valence-electron chi connectivity index (χ0n) is 12.6. The highest BCUT2D eigenvalue weighted by molar-refractivity contribution is 7.21. The monoisotopic (exact) mass is 306 g/mol. The van der Waals surface area contributed by atoms with Gasteiger partial charge in [0.1, 0.15) is 5.01 Å². The van der Waals surface area contributed by atoms with Gasteiger partial charge in [-0.2, -0.15) is 0 Å². The molecule has 1 aliphatic rings. The van der Waals surface area contributed by atoms with Gasteiger partial charge in [-0.05, 0) is 48.7 Å². The summed E-state index contributed by atoms with van der Waals surface area (Å²) in [4.78, 5) is 7.78. The average molecular weight is 307 g/mol. The number of nitrogens with one attached hydrogen (secondary N) is 1. The van der Waals surface area contributed by atoms with Gasteiger partial charge >= 0.3 is 0 Å². The van der Waals surface area contributed by atoms with Gasteiger partial charge < -0.3 is 5.32 Å². The van der Waals surface area contributed by atoms with Crippen LogP contribution in [0, 0.1) is 12.3 Å². The Bertz CT molecular complexity index is 610. The number of rotatable bonds is 3. The van der Waals surface area contributed by atoms with E-state index in [2.05, 4.69) is 44.5 Å². The van der Waals surface area contributed by atoms with E-state index in [0.717, 1.165) is 13.0 Å². The van der Waals surface area contributed by atoms with E-state index in [1.807, 2.05) is 22.7 Å². The van der Waals surface area contributed by atoms with Crippen molar-refractivity contribution in [3.8, 4) is 9.88 Å². The van der Waals surface area contributed by atoms with Gasteiger partial charge in [-0.3, -0.25) is 0 Å². The smallest absolute Gasteiger partial charge is 0.134 e. The summed E-state index contributed by atoms with van der Waals surface area (Å²) in [6, 6.07) is 2.66. The fraction of sp³-hybridized carbons (Fsp3) is 0.562. The summed E-state index contributed by atoms with van der Waals surface area (Å²) in [5.74, 6) is 0. The van der Waals surface area contributed by atoms with Crippen LogP contribution in [-0.4, -0.2) is 11.5 Å². The third-order valence-corrected chi connectivity index (χ3v) is 6.33. The van der Waals surface area contributed by atoms with E-state index in [4.69, 9.17) is 4.98 Å². The standard InChI is InChI=1S/C16H22N2S2/c1-5-17-11-8-16(3,4)9-12-14(11)20-15(18-12)13-10(2)6-7-19-13/h6-7,11,17H,5,8-9H2,1-4H3. The normalized spacial score (nSPS) is 20.9. The minimum Gasteiger partial charge on any atom is -0.309 e. The summed E-state index contributed by atoms with van der Waals surface area (Å²) >= 11 is 3.70. The summed E-state index contributed by atoms with van der Waals surface area (Å²) in [5.41, 5.74) is 3.01. The first-order valence-corrected chi connectivity index (χ1v) is 8.97. The van der Waals surface area contributed by atoms with Gasteiger partial charge in [0.2, 0.25) is 0 Å². The summed E-state index contributed by atoms with van der Waals surface area (Å²) < 4.78 is 0. The fourth-order valence-corrected chi connectivity index (χ4v) is 5.27. The highest BCUT2D eigenvalue weighted by Crippen LogP contribution is 2.45. The lowest BCUT2D eigenvalue weighted by molar-refractivity contribution is 0.260. The molecule has 108 valence electrons. The molecule has 1 atom stereocenters. The molecule has 2 aromatic rings. The van der Waals surface area contributed by atoms with Crippen molar-refractivity contribution < 1.29 is 0 Å². The van der Waals surface area contributed by atoms with Crippen molar-refractivity contribution in [1.29, 1.82) is 0 Å². The van der Waals surface area contributed by atoms with Gasteiger partial charge in [0.25, 0.3) is 0 Å². The molecule has 0 saturated heterocycles. The largest absolute Gasteiger partial charge is 0.309 e. The summed E-state index contributed by atoms with van der Waals surface area (Å²) in [6.07, 6.45) is 2.31. The molecule has 2 nitrogen and oxygen atoms in total. The van der Waals surface area contributed by atoms with E-state index in [1.54, 1.807) is 0 Å².